The fraction of sp³-hybridized carbons (Fsp3) is 0.0417. The largest absolute Gasteiger partial charge is 1.00 e. The van der Waals surface area contributed by atoms with Crippen LogP contribution in [0.1, 0.15) is 22.4 Å². The number of aromatic nitrogens is 1. The molecule has 0 radical (unpaired) electrons. The van der Waals surface area contributed by atoms with Crippen molar-refractivity contribution in [2.24, 2.45) is 5.16 Å². The zero-order chi connectivity index (χ0) is 21.7. The summed E-state index contributed by atoms with van der Waals surface area (Å²) in [5.41, 5.74) is 6.48. The Morgan fingerprint density at radius 2 is 1.31 bits per heavy atom. The van der Waals surface area contributed by atoms with Gasteiger partial charge in [0.2, 0.25) is 5.60 Å². The number of carbonyl (C=O) groups excluding carboxylic acids is 1. The van der Waals surface area contributed by atoms with E-state index in [1.165, 1.54) is 5.38 Å². The molecule has 1 heterocycles. The molecule has 0 atom stereocenters. The monoisotopic (exact) mass is 435 g/mol. The molecule has 0 fully saturated rings. The van der Waals surface area contributed by atoms with E-state index >= 15 is 0 Å². The molecule has 6 nitrogen and oxygen atoms in total. The average molecular weight is 435 g/mol. The van der Waals surface area contributed by atoms with E-state index in [0.717, 1.165) is 28.0 Å². The maximum absolute atomic E-state index is 11.8. The Hall–Kier alpha value is -3.37. The van der Waals surface area contributed by atoms with Gasteiger partial charge in [0, 0.05) is 22.1 Å². The number of hydrogen-bond donors (Lipinski definition) is 1. The van der Waals surface area contributed by atoms with Gasteiger partial charge in [0.1, 0.15) is 5.69 Å². The van der Waals surface area contributed by atoms with Crippen molar-refractivity contribution in [1.29, 1.82) is 0 Å². The Morgan fingerprint density at radius 1 is 0.875 bits per heavy atom. The summed E-state index contributed by atoms with van der Waals surface area (Å²) in [5, 5.41) is 17.6. The quantitative estimate of drug-likeness (QED) is 0.193. The second-order valence-corrected chi connectivity index (χ2v) is 7.56. The maximum Gasteiger partial charge on any atom is 1.00 e. The topological polar surface area (TPSA) is 101 Å². The number of oxime groups is 1. The normalized spacial score (nSPS) is 11.4. The van der Waals surface area contributed by atoms with Gasteiger partial charge in [0.05, 0.1) is 5.97 Å². The SMILES string of the molecule is Nc1nc(C(=NOC(c2ccccc2)(c2ccccc2)c2ccccc2)C(=O)[O-])cs1.[Li+]. The molecule has 3 aromatic carbocycles. The van der Waals surface area contributed by atoms with Crippen LogP contribution >= 0.6 is 11.3 Å². The molecule has 4 aromatic rings. The third-order valence-electron chi connectivity index (χ3n) is 4.77. The van der Waals surface area contributed by atoms with Gasteiger partial charge in [-0.1, -0.05) is 96.2 Å². The van der Waals surface area contributed by atoms with Gasteiger partial charge < -0.3 is 20.5 Å². The molecule has 8 heteroatoms. The molecule has 0 aliphatic carbocycles. The molecule has 0 amide bonds. The van der Waals surface area contributed by atoms with Crippen molar-refractivity contribution in [3.63, 3.8) is 0 Å². The van der Waals surface area contributed by atoms with E-state index in [1.807, 2.05) is 91.0 Å². The number of hydrogen-bond acceptors (Lipinski definition) is 7. The van der Waals surface area contributed by atoms with E-state index in [-0.39, 0.29) is 29.7 Å². The molecule has 0 aliphatic heterocycles. The van der Waals surface area contributed by atoms with Crippen LogP contribution < -0.4 is 29.7 Å². The predicted octanol–water partition coefficient (Wildman–Crippen LogP) is 0.192. The van der Waals surface area contributed by atoms with Gasteiger partial charge in [-0.05, 0) is 0 Å². The molecule has 0 saturated heterocycles. The number of carboxylic acids is 1. The molecule has 154 valence electrons. The van der Waals surface area contributed by atoms with Crippen LogP contribution in [-0.2, 0) is 15.2 Å². The minimum absolute atomic E-state index is 0. The smallest absolute Gasteiger partial charge is 0.543 e. The number of thiazole rings is 1. The van der Waals surface area contributed by atoms with Gasteiger partial charge >= 0.3 is 18.9 Å². The van der Waals surface area contributed by atoms with Gasteiger partial charge in [0.15, 0.2) is 10.8 Å². The van der Waals surface area contributed by atoms with E-state index in [4.69, 9.17) is 10.6 Å². The Labute approximate surface area is 201 Å². The number of benzene rings is 3. The Morgan fingerprint density at radius 3 is 1.66 bits per heavy atom. The van der Waals surface area contributed by atoms with Crippen LogP contribution in [0, 0.1) is 0 Å². The molecule has 0 bridgehead atoms. The van der Waals surface area contributed by atoms with E-state index in [0.29, 0.717) is 0 Å². The van der Waals surface area contributed by atoms with E-state index in [9.17, 15) is 9.90 Å². The van der Waals surface area contributed by atoms with Crippen LogP contribution in [0.15, 0.2) is 102 Å². The van der Waals surface area contributed by atoms with Gasteiger partial charge in [-0.3, -0.25) is 0 Å². The Kier molecular flexibility index (Phi) is 7.49. The third kappa shape index (κ3) is 4.60. The summed E-state index contributed by atoms with van der Waals surface area (Å²) in [6.45, 7) is 0. The van der Waals surface area contributed by atoms with Crippen LogP contribution in [0.5, 0.6) is 0 Å². The summed E-state index contributed by atoms with van der Waals surface area (Å²) in [6.07, 6.45) is 0. The summed E-state index contributed by atoms with van der Waals surface area (Å²) in [6, 6.07) is 28.5. The van der Waals surface area contributed by atoms with Crippen molar-refractivity contribution in [3.05, 3.63) is 119 Å². The fourth-order valence-electron chi connectivity index (χ4n) is 3.38. The second-order valence-electron chi connectivity index (χ2n) is 6.67. The first kappa shape index (κ1) is 23.3. The number of anilines is 1. The van der Waals surface area contributed by atoms with Crippen LogP contribution in [-0.4, -0.2) is 16.7 Å². The number of nitrogens with two attached hydrogens (primary N) is 1. The molecular weight excluding hydrogens is 417 g/mol. The van der Waals surface area contributed by atoms with Gasteiger partial charge in [-0.15, -0.1) is 11.3 Å². The van der Waals surface area contributed by atoms with Crippen molar-refractivity contribution in [1.82, 2.24) is 4.98 Å². The summed E-state index contributed by atoms with van der Waals surface area (Å²) in [4.78, 5) is 22.0. The minimum Gasteiger partial charge on any atom is -0.543 e. The number of carboxylic acid groups (broad SMARTS) is 1. The Bertz CT molecular complexity index is 1100. The van der Waals surface area contributed by atoms with Crippen LogP contribution in [0.2, 0.25) is 0 Å². The molecule has 1 aromatic heterocycles. The average Bonchev–Trinajstić information content (AvgIpc) is 3.24. The number of aliphatic carboxylic acids is 1. The van der Waals surface area contributed by atoms with Crippen LogP contribution in [0.4, 0.5) is 5.13 Å². The number of carbonyl (C=O) groups is 1. The van der Waals surface area contributed by atoms with Crippen molar-refractivity contribution in [3.8, 4) is 0 Å². The zero-order valence-electron chi connectivity index (χ0n) is 17.3. The maximum atomic E-state index is 11.8. The van der Waals surface area contributed by atoms with E-state index in [2.05, 4.69) is 10.1 Å². The van der Waals surface area contributed by atoms with Crippen molar-refractivity contribution in [2.75, 3.05) is 5.73 Å². The molecule has 0 spiro atoms. The van der Waals surface area contributed by atoms with Crippen molar-refractivity contribution < 1.29 is 33.6 Å². The van der Waals surface area contributed by atoms with Crippen molar-refractivity contribution in [2.45, 2.75) is 5.60 Å². The molecule has 2 N–H and O–H groups in total. The summed E-state index contributed by atoms with van der Waals surface area (Å²) in [7, 11) is 0. The van der Waals surface area contributed by atoms with Crippen LogP contribution in [0.25, 0.3) is 0 Å². The third-order valence-corrected chi connectivity index (χ3v) is 5.45. The van der Waals surface area contributed by atoms with Gasteiger partial charge in [-0.2, -0.15) is 0 Å². The van der Waals surface area contributed by atoms with Gasteiger partial charge in [0.25, 0.3) is 0 Å². The molecule has 32 heavy (non-hydrogen) atoms. The Balaban J connectivity index is 0.00000289. The first-order valence-corrected chi connectivity index (χ1v) is 10.3. The molecular formula is C24H18LiN3O3S. The molecule has 0 unspecified atom stereocenters. The number of nitrogen functional groups attached to an aromatic ring is 1. The predicted molar refractivity (Wildman–Crippen MR) is 118 cm³/mol. The minimum atomic E-state index is -1.51. The standard InChI is InChI=1S/C24H19N3O3S.Li/c25-23-26-20(16-31-23)21(22(28)29)27-30-24(17-10-4-1-5-11-17,18-12-6-2-7-13-18)19-14-8-3-9-15-19;/h1-16H,(H2,25,26)(H,28,29);/q;+1/p-1. The summed E-state index contributed by atoms with van der Waals surface area (Å²) >= 11 is 1.11. The summed E-state index contributed by atoms with van der Waals surface area (Å²) < 4.78 is 0. The van der Waals surface area contributed by atoms with E-state index < -0.39 is 17.3 Å². The second kappa shape index (κ2) is 10.3. The first-order valence-electron chi connectivity index (χ1n) is 9.46. The first-order chi connectivity index (χ1) is 15.1. The zero-order valence-corrected chi connectivity index (χ0v) is 18.2. The molecule has 4 rings (SSSR count). The van der Waals surface area contributed by atoms with Crippen molar-refractivity contribution >= 4 is 28.1 Å². The van der Waals surface area contributed by atoms with Crippen LogP contribution in [0.3, 0.4) is 0 Å². The fourth-order valence-corrected chi connectivity index (χ4v) is 3.92. The number of rotatable bonds is 7. The molecule has 0 saturated carbocycles. The van der Waals surface area contributed by atoms with E-state index in [1.54, 1.807) is 0 Å². The summed E-state index contributed by atoms with van der Waals surface area (Å²) in [5.74, 6) is -1.51. The number of nitrogens with zero attached hydrogens (tertiary/aromatic N) is 2. The van der Waals surface area contributed by atoms with Gasteiger partial charge in [-0.25, -0.2) is 4.98 Å². The molecule has 0 aliphatic rings.